The maximum atomic E-state index is 6.83. The molecule has 0 aliphatic carbocycles. The third kappa shape index (κ3) is 2.70. The van der Waals surface area contributed by atoms with E-state index in [0.717, 1.165) is 11.3 Å². The van der Waals surface area contributed by atoms with Crippen LogP contribution >= 0.6 is 0 Å². The normalized spacial score (nSPS) is 11.5. The molecule has 0 saturated carbocycles. The lowest BCUT2D eigenvalue weighted by molar-refractivity contribution is 0.835. The molecule has 0 saturated heterocycles. The van der Waals surface area contributed by atoms with Gasteiger partial charge < -0.3 is 0 Å². The van der Waals surface area contributed by atoms with E-state index in [1.165, 1.54) is 0 Å². The topological polar surface area (TPSA) is 16.7 Å². The van der Waals surface area contributed by atoms with Crippen LogP contribution in [0.4, 0.5) is 5.69 Å². The van der Waals surface area contributed by atoms with Crippen LogP contribution in [0.2, 0.25) is 0 Å². The molecule has 0 aromatic heterocycles. The minimum Gasteiger partial charge on any atom is -0.287 e. The summed E-state index contributed by atoms with van der Waals surface area (Å²) in [6, 6.07) is 7.84. The van der Waals surface area contributed by atoms with E-state index in [-0.39, 0.29) is 0 Å². The summed E-state index contributed by atoms with van der Waals surface area (Å²) in [6.45, 7) is 12.9. The van der Waals surface area contributed by atoms with Crippen LogP contribution in [-0.4, -0.2) is 11.8 Å². The molecule has 1 aromatic rings. The fourth-order valence-corrected chi connectivity index (χ4v) is 1.24. The van der Waals surface area contributed by atoms with Crippen LogP contribution < -0.4 is 0 Å². The van der Waals surface area contributed by atoms with Crippen molar-refractivity contribution in [2.45, 2.75) is 26.8 Å². The predicted octanol–water partition coefficient (Wildman–Crippen LogP) is 3.45. The van der Waals surface area contributed by atoms with Crippen LogP contribution in [0.5, 0.6) is 0 Å². The molecule has 0 aliphatic rings. The molecule has 2 heteroatoms. The Balaban J connectivity index is 2.93. The van der Waals surface area contributed by atoms with Crippen molar-refractivity contribution in [1.29, 1.82) is 0 Å². The minimum absolute atomic E-state index is 0.315. The van der Waals surface area contributed by atoms with Crippen molar-refractivity contribution in [3.63, 3.8) is 0 Å². The molecule has 0 heterocycles. The number of benzene rings is 1. The summed E-state index contributed by atoms with van der Waals surface area (Å²) in [5.74, 6) is 0. The Bertz CT molecular complexity index is 366. The molecule has 0 atom stereocenters. The first-order valence-corrected chi connectivity index (χ1v) is 4.66. The summed E-state index contributed by atoms with van der Waals surface area (Å²) in [7, 11) is 0. The zero-order chi connectivity index (χ0) is 10.6. The van der Waals surface area contributed by atoms with Gasteiger partial charge in [-0.25, -0.2) is 4.85 Å². The lowest BCUT2D eigenvalue weighted by atomic mass is 10.1. The van der Waals surface area contributed by atoms with Crippen LogP contribution in [-0.2, 0) is 0 Å². The van der Waals surface area contributed by atoms with Crippen LogP contribution in [0.15, 0.2) is 29.3 Å². The second kappa shape index (κ2) is 4.57. The van der Waals surface area contributed by atoms with Gasteiger partial charge in [0, 0.05) is 11.8 Å². The van der Waals surface area contributed by atoms with Crippen LogP contribution in [0, 0.1) is 6.57 Å². The van der Waals surface area contributed by atoms with E-state index in [1.54, 1.807) is 0 Å². The molecule has 0 N–H and O–H groups in total. The number of nitrogens with zero attached hydrogens (tertiary/aromatic N) is 2. The first-order chi connectivity index (χ1) is 6.63. The van der Waals surface area contributed by atoms with Crippen molar-refractivity contribution in [3.8, 4) is 0 Å². The highest BCUT2D eigenvalue weighted by molar-refractivity contribution is 5.99. The lowest BCUT2D eigenvalue weighted by Gasteiger charge is -2.03. The molecule has 1 aromatic carbocycles. The summed E-state index contributed by atoms with van der Waals surface area (Å²) < 4.78 is 0. The summed E-state index contributed by atoms with van der Waals surface area (Å²) >= 11 is 0. The van der Waals surface area contributed by atoms with Gasteiger partial charge in [0.2, 0.25) is 0 Å². The standard InChI is InChI=1S/C12H14N2/c1-9(2)14-10(3)11-5-7-12(13-4)8-6-11/h5-9H,1-3H3. The van der Waals surface area contributed by atoms with E-state index in [2.05, 4.69) is 23.7 Å². The Morgan fingerprint density at radius 1 is 1.29 bits per heavy atom. The SMILES string of the molecule is [C-]#[N+]c1ccc(C(C)=NC(C)C)cc1. The fraction of sp³-hybridized carbons (Fsp3) is 0.333. The lowest BCUT2D eigenvalue weighted by Crippen LogP contribution is -1.99. The number of aliphatic imine (C=N–C) groups is 1. The Kier molecular flexibility index (Phi) is 3.41. The first-order valence-electron chi connectivity index (χ1n) is 4.66. The molecule has 0 aliphatic heterocycles. The van der Waals surface area contributed by atoms with Crippen LogP contribution in [0.3, 0.4) is 0 Å². The second-order valence-electron chi connectivity index (χ2n) is 3.47. The third-order valence-electron chi connectivity index (χ3n) is 1.87. The smallest absolute Gasteiger partial charge is 0.187 e. The van der Waals surface area contributed by atoms with Gasteiger partial charge in [0.25, 0.3) is 0 Å². The molecule has 0 spiro atoms. The van der Waals surface area contributed by atoms with Crippen molar-refractivity contribution in [1.82, 2.24) is 0 Å². The number of rotatable bonds is 2. The van der Waals surface area contributed by atoms with E-state index in [1.807, 2.05) is 31.2 Å². The van der Waals surface area contributed by atoms with Crippen molar-refractivity contribution in [2.75, 3.05) is 0 Å². The van der Waals surface area contributed by atoms with Gasteiger partial charge in [0.15, 0.2) is 5.69 Å². The molecule has 0 fully saturated rings. The Morgan fingerprint density at radius 3 is 2.29 bits per heavy atom. The quantitative estimate of drug-likeness (QED) is 0.497. The van der Waals surface area contributed by atoms with Crippen molar-refractivity contribution in [3.05, 3.63) is 41.2 Å². The average Bonchev–Trinajstić information content (AvgIpc) is 2.17. The Hall–Kier alpha value is -1.62. The molecule has 14 heavy (non-hydrogen) atoms. The van der Waals surface area contributed by atoms with E-state index < -0.39 is 0 Å². The minimum atomic E-state index is 0.315. The van der Waals surface area contributed by atoms with Gasteiger partial charge in [-0.05, 0) is 26.3 Å². The van der Waals surface area contributed by atoms with Crippen LogP contribution in [0.1, 0.15) is 26.3 Å². The average molecular weight is 186 g/mol. The van der Waals surface area contributed by atoms with Gasteiger partial charge in [-0.15, -0.1) is 0 Å². The maximum Gasteiger partial charge on any atom is 0.187 e. The van der Waals surface area contributed by atoms with Crippen molar-refractivity contribution in [2.24, 2.45) is 4.99 Å². The van der Waals surface area contributed by atoms with Gasteiger partial charge in [-0.3, -0.25) is 4.99 Å². The highest BCUT2D eigenvalue weighted by atomic mass is 14.8. The predicted molar refractivity (Wildman–Crippen MR) is 60.1 cm³/mol. The summed E-state index contributed by atoms with van der Waals surface area (Å²) in [4.78, 5) is 7.78. The molecule has 0 amide bonds. The largest absolute Gasteiger partial charge is 0.287 e. The monoisotopic (exact) mass is 186 g/mol. The first kappa shape index (κ1) is 10.5. The molecule has 0 bridgehead atoms. The second-order valence-corrected chi connectivity index (χ2v) is 3.47. The number of hydrogen-bond acceptors (Lipinski definition) is 1. The van der Waals surface area contributed by atoms with Crippen LogP contribution in [0.25, 0.3) is 4.85 Å². The molecule has 0 unspecified atom stereocenters. The molecule has 2 nitrogen and oxygen atoms in total. The van der Waals surface area contributed by atoms with E-state index in [0.29, 0.717) is 11.7 Å². The zero-order valence-corrected chi connectivity index (χ0v) is 8.78. The van der Waals surface area contributed by atoms with Gasteiger partial charge in [-0.2, -0.15) is 0 Å². The van der Waals surface area contributed by atoms with E-state index in [4.69, 9.17) is 6.57 Å². The van der Waals surface area contributed by atoms with E-state index in [9.17, 15) is 0 Å². The molecular formula is C12H14N2. The Morgan fingerprint density at radius 2 is 1.86 bits per heavy atom. The third-order valence-corrected chi connectivity index (χ3v) is 1.87. The Labute approximate surface area is 85.1 Å². The number of hydrogen-bond donors (Lipinski definition) is 0. The maximum absolute atomic E-state index is 6.83. The van der Waals surface area contributed by atoms with Crippen molar-refractivity contribution >= 4 is 11.4 Å². The van der Waals surface area contributed by atoms with Gasteiger partial charge in [0.1, 0.15) is 0 Å². The molecule has 1 rings (SSSR count). The fourth-order valence-electron chi connectivity index (χ4n) is 1.24. The summed E-state index contributed by atoms with van der Waals surface area (Å²) in [6.07, 6.45) is 0. The summed E-state index contributed by atoms with van der Waals surface area (Å²) in [5, 5.41) is 0. The van der Waals surface area contributed by atoms with E-state index >= 15 is 0 Å². The van der Waals surface area contributed by atoms with Gasteiger partial charge in [0.05, 0.1) is 6.57 Å². The highest BCUT2D eigenvalue weighted by Gasteiger charge is 1.98. The molecular weight excluding hydrogens is 172 g/mol. The summed E-state index contributed by atoms with van der Waals surface area (Å²) in [5.41, 5.74) is 2.79. The highest BCUT2D eigenvalue weighted by Crippen LogP contribution is 2.13. The molecule has 0 radical (unpaired) electrons. The van der Waals surface area contributed by atoms with Crippen molar-refractivity contribution < 1.29 is 0 Å². The molecule has 72 valence electrons. The zero-order valence-electron chi connectivity index (χ0n) is 8.78. The van der Waals surface area contributed by atoms with Gasteiger partial charge in [-0.1, -0.05) is 24.3 Å². The van der Waals surface area contributed by atoms with Gasteiger partial charge >= 0.3 is 0 Å².